The maximum absolute atomic E-state index is 13.4. The molecule has 2 saturated heterocycles. The fraction of sp³-hybridized carbons (Fsp3) is 0.469. The van der Waals surface area contributed by atoms with E-state index in [1.807, 2.05) is 30.9 Å². The van der Waals surface area contributed by atoms with Crippen LogP contribution in [0.15, 0.2) is 48.5 Å². The molecule has 1 spiro atoms. The first kappa shape index (κ1) is 31.4. The maximum atomic E-state index is 13.4. The minimum Gasteiger partial charge on any atom is -0.486 e. The van der Waals surface area contributed by atoms with Gasteiger partial charge in [0.05, 0.1) is 0 Å². The summed E-state index contributed by atoms with van der Waals surface area (Å²) in [5, 5.41) is 0. The van der Waals surface area contributed by atoms with Crippen LogP contribution in [0.25, 0.3) is 6.08 Å². The Kier molecular flexibility index (Phi) is 8.92. The highest BCUT2D eigenvalue weighted by atomic mass is 19.4. The number of piperidine rings is 2. The van der Waals surface area contributed by atoms with Gasteiger partial charge in [-0.1, -0.05) is 30.3 Å². The highest BCUT2D eigenvalue weighted by molar-refractivity contribution is 6.00. The van der Waals surface area contributed by atoms with E-state index in [0.29, 0.717) is 30.8 Å². The molecule has 1 N–H and O–H groups in total. The summed E-state index contributed by atoms with van der Waals surface area (Å²) in [6, 6.07) is 12.7. The SMILES string of the molecule is CC1(C)COc2cccc(CN3CCC4(CC3)CCN(C(=O)c3ccccc3/C=C/C(=O)NOC(=O)C(F)(F)F)CC4)c2O1. The Balaban J connectivity index is 1.13. The number of rotatable bonds is 5. The Morgan fingerprint density at radius 3 is 2.36 bits per heavy atom. The van der Waals surface area contributed by atoms with Crippen LogP contribution < -0.4 is 15.0 Å². The number of halogens is 3. The topological polar surface area (TPSA) is 97.4 Å². The predicted octanol–water partition coefficient (Wildman–Crippen LogP) is 4.90. The van der Waals surface area contributed by atoms with Crippen molar-refractivity contribution >= 4 is 23.9 Å². The van der Waals surface area contributed by atoms with Crippen LogP contribution in [0.2, 0.25) is 0 Å². The van der Waals surface area contributed by atoms with Gasteiger partial charge in [0.2, 0.25) is 0 Å². The average Bonchev–Trinajstić information content (AvgIpc) is 2.99. The molecule has 0 bridgehead atoms. The van der Waals surface area contributed by atoms with Gasteiger partial charge in [-0.25, -0.2) is 4.79 Å². The number of amides is 2. The number of ether oxygens (including phenoxy) is 2. The second-order valence-corrected chi connectivity index (χ2v) is 12.2. The number of nitrogens with zero attached hydrogens (tertiary/aromatic N) is 2. The van der Waals surface area contributed by atoms with Gasteiger partial charge in [0.15, 0.2) is 11.5 Å². The van der Waals surface area contributed by atoms with E-state index in [1.165, 1.54) is 11.6 Å². The lowest BCUT2D eigenvalue weighted by Gasteiger charge is -2.47. The molecular formula is C32H36F3N3O6. The van der Waals surface area contributed by atoms with Crippen LogP contribution >= 0.6 is 0 Å². The highest BCUT2D eigenvalue weighted by Gasteiger charge is 2.42. The van der Waals surface area contributed by atoms with Crippen molar-refractivity contribution in [2.75, 3.05) is 32.8 Å². The molecule has 0 aromatic heterocycles. The molecule has 0 unspecified atom stereocenters. The lowest BCUT2D eigenvalue weighted by atomic mass is 9.71. The van der Waals surface area contributed by atoms with Crippen LogP contribution in [0.4, 0.5) is 13.2 Å². The minimum atomic E-state index is -5.23. The van der Waals surface area contributed by atoms with Crippen LogP contribution in [-0.2, 0) is 21.0 Å². The number of benzene rings is 2. The Bertz CT molecular complexity index is 1420. The van der Waals surface area contributed by atoms with E-state index >= 15 is 0 Å². The van der Waals surface area contributed by atoms with Crippen LogP contribution in [0.3, 0.4) is 0 Å². The normalized spacial score (nSPS) is 19.5. The average molecular weight is 616 g/mol. The first-order chi connectivity index (χ1) is 20.8. The summed E-state index contributed by atoms with van der Waals surface area (Å²) in [5.41, 5.74) is 3.15. The van der Waals surface area contributed by atoms with Gasteiger partial charge < -0.3 is 19.2 Å². The van der Waals surface area contributed by atoms with Crippen molar-refractivity contribution in [1.82, 2.24) is 15.3 Å². The lowest BCUT2D eigenvalue weighted by molar-refractivity contribution is -0.207. The maximum Gasteiger partial charge on any atom is 0.493 e. The molecule has 0 aliphatic carbocycles. The molecule has 12 heteroatoms. The molecule has 0 radical (unpaired) electrons. The van der Waals surface area contributed by atoms with Gasteiger partial charge >= 0.3 is 12.1 Å². The third-order valence-corrected chi connectivity index (χ3v) is 8.52. The molecule has 2 fully saturated rings. The van der Waals surface area contributed by atoms with Gasteiger partial charge in [0, 0.05) is 36.8 Å². The second kappa shape index (κ2) is 12.5. The number of hydroxylamine groups is 1. The molecule has 44 heavy (non-hydrogen) atoms. The summed E-state index contributed by atoms with van der Waals surface area (Å²) in [4.78, 5) is 44.1. The third-order valence-electron chi connectivity index (χ3n) is 8.52. The minimum absolute atomic E-state index is 0.177. The first-order valence-electron chi connectivity index (χ1n) is 14.6. The Hall–Kier alpha value is -4.06. The highest BCUT2D eigenvalue weighted by Crippen LogP contribution is 2.43. The van der Waals surface area contributed by atoms with Gasteiger partial charge in [0.1, 0.15) is 12.2 Å². The van der Waals surface area contributed by atoms with Crippen molar-refractivity contribution in [3.05, 3.63) is 65.2 Å². The molecule has 0 atom stereocenters. The van der Waals surface area contributed by atoms with Crippen molar-refractivity contribution in [1.29, 1.82) is 0 Å². The summed E-state index contributed by atoms with van der Waals surface area (Å²) in [6.45, 7) is 8.47. The zero-order valence-corrected chi connectivity index (χ0v) is 24.7. The van der Waals surface area contributed by atoms with Crippen molar-refractivity contribution in [3.63, 3.8) is 0 Å². The van der Waals surface area contributed by atoms with E-state index in [4.69, 9.17) is 9.47 Å². The van der Waals surface area contributed by atoms with E-state index in [2.05, 4.69) is 15.8 Å². The number of carbonyl (C=O) groups is 3. The van der Waals surface area contributed by atoms with Gasteiger partial charge in [-0.2, -0.15) is 18.7 Å². The molecule has 3 aliphatic heterocycles. The van der Waals surface area contributed by atoms with Crippen LogP contribution in [0, 0.1) is 5.41 Å². The van der Waals surface area contributed by atoms with E-state index in [0.717, 1.165) is 68.5 Å². The molecule has 5 rings (SSSR count). The van der Waals surface area contributed by atoms with Crippen LogP contribution in [0.1, 0.15) is 61.0 Å². The Morgan fingerprint density at radius 1 is 0.977 bits per heavy atom. The smallest absolute Gasteiger partial charge is 0.486 e. The molecule has 2 aromatic rings. The lowest BCUT2D eigenvalue weighted by Crippen LogP contribution is -2.48. The van der Waals surface area contributed by atoms with Crippen LogP contribution in [-0.4, -0.2) is 72.1 Å². The van der Waals surface area contributed by atoms with Crippen molar-refractivity contribution in [2.24, 2.45) is 5.41 Å². The molecule has 9 nitrogen and oxygen atoms in total. The summed E-state index contributed by atoms with van der Waals surface area (Å²) >= 11 is 0. The predicted molar refractivity (Wildman–Crippen MR) is 154 cm³/mol. The number of carbonyl (C=O) groups excluding carboxylic acids is 3. The van der Waals surface area contributed by atoms with Crippen molar-refractivity contribution < 1.29 is 41.9 Å². The van der Waals surface area contributed by atoms with E-state index < -0.39 is 18.1 Å². The number of alkyl halides is 3. The van der Waals surface area contributed by atoms with Gasteiger partial charge in [-0.05, 0) is 81.8 Å². The van der Waals surface area contributed by atoms with Crippen molar-refractivity contribution in [3.8, 4) is 11.5 Å². The summed E-state index contributed by atoms with van der Waals surface area (Å²) in [7, 11) is 0. The number of hydrogen-bond donors (Lipinski definition) is 1. The summed E-state index contributed by atoms with van der Waals surface area (Å²) in [6.07, 6.45) is 0.839. The zero-order chi connectivity index (χ0) is 31.5. The Morgan fingerprint density at radius 2 is 1.66 bits per heavy atom. The number of fused-ring (bicyclic) bond motifs is 1. The fourth-order valence-corrected chi connectivity index (χ4v) is 5.94. The summed E-state index contributed by atoms with van der Waals surface area (Å²) in [5.74, 6) is -2.17. The van der Waals surface area contributed by atoms with E-state index in [1.54, 1.807) is 24.3 Å². The zero-order valence-electron chi connectivity index (χ0n) is 24.7. The fourth-order valence-electron chi connectivity index (χ4n) is 5.94. The first-order valence-corrected chi connectivity index (χ1v) is 14.6. The third kappa shape index (κ3) is 7.35. The number of likely N-dealkylation sites (tertiary alicyclic amines) is 2. The summed E-state index contributed by atoms with van der Waals surface area (Å²) < 4.78 is 49.0. The molecule has 3 aliphatic rings. The molecular weight excluding hydrogens is 579 g/mol. The number of hydrogen-bond acceptors (Lipinski definition) is 7. The standard InChI is InChI=1S/C32H36F3N3O6/c1-30(2)21-42-25-9-5-7-23(27(25)43-30)20-37-16-12-31(13-17-37)14-18-38(19-15-31)28(40)24-8-4-3-6-22(24)10-11-26(39)36-44-29(41)32(33,34)35/h3-11H,12-21H2,1-2H3,(H,36,39)/b11-10+. The largest absolute Gasteiger partial charge is 0.493 e. The van der Waals surface area contributed by atoms with Gasteiger partial charge in [0.25, 0.3) is 11.8 Å². The Labute approximate surface area is 253 Å². The quantitative estimate of drug-likeness (QED) is 0.378. The molecule has 2 aromatic carbocycles. The van der Waals surface area contributed by atoms with E-state index in [9.17, 15) is 27.6 Å². The number of para-hydroxylation sites is 1. The second-order valence-electron chi connectivity index (χ2n) is 12.2. The monoisotopic (exact) mass is 615 g/mol. The van der Waals surface area contributed by atoms with Crippen LogP contribution in [0.5, 0.6) is 11.5 Å². The molecule has 3 heterocycles. The van der Waals surface area contributed by atoms with Gasteiger partial charge in [-0.3, -0.25) is 14.5 Å². The molecule has 2 amide bonds. The molecule has 0 saturated carbocycles. The van der Waals surface area contributed by atoms with E-state index in [-0.39, 0.29) is 16.9 Å². The van der Waals surface area contributed by atoms with Gasteiger partial charge in [-0.15, -0.1) is 0 Å². The molecule has 236 valence electrons. The number of nitrogens with one attached hydrogen (secondary N) is 1. The van der Waals surface area contributed by atoms with Crippen molar-refractivity contribution in [2.45, 2.75) is 57.9 Å².